The fourth-order valence-corrected chi connectivity index (χ4v) is 2.07. The fraction of sp³-hybridized carbons (Fsp3) is 0.267. The predicted molar refractivity (Wildman–Crippen MR) is 80.0 cm³/mol. The van der Waals surface area contributed by atoms with Gasteiger partial charge >= 0.3 is 0 Å². The molecule has 1 aromatic rings. The first kappa shape index (κ1) is 15.7. The smallest absolute Gasteiger partial charge is 0.277 e. The second-order valence-corrected chi connectivity index (χ2v) is 4.95. The number of aliphatic hydroxyl groups is 1. The number of para-hydroxylation sites is 1. The molecule has 7 nitrogen and oxygen atoms in total. The molecule has 116 valence electrons. The molecule has 0 atom stereocenters. The molecule has 2 rings (SSSR count). The van der Waals surface area contributed by atoms with Crippen molar-refractivity contribution in [1.29, 1.82) is 0 Å². The van der Waals surface area contributed by atoms with Crippen molar-refractivity contribution >= 4 is 23.4 Å². The van der Waals surface area contributed by atoms with Gasteiger partial charge in [0.25, 0.3) is 17.7 Å². The Labute approximate surface area is 127 Å². The average molecular weight is 303 g/mol. The summed E-state index contributed by atoms with van der Waals surface area (Å²) >= 11 is 0. The molecular weight excluding hydrogens is 286 g/mol. The molecule has 0 aromatic heterocycles. The van der Waals surface area contributed by atoms with Crippen molar-refractivity contribution in [1.82, 2.24) is 9.80 Å². The number of aliphatic hydroxyl groups excluding tert-OH is 1. The number of anilines is 1. The largest absolute Gasteiger partial charge is 0.395 e. The maximum atomic E-state index is 12.1. The van der Waals surface area contributed by atoms with E-state index >= 15 is 0 Å². The first-order chi connectivity index (χ1) is 10.5. The van der Waals surface area contributed by atoms with Crippen LogP contribution in [0.15, 0.2) is 36.0 Å². The van der Waals surface area contributed by atoms with E-state index in [0.29, 0.717) is 11.3 Å². The Morgan fingerprint density at radius 1 is 1.27 bits per heavy atom. The van der Waals surface area contributed by atoms with Crippen LogP contribution in [0.1, 0.15) is 10.4 Å². The topological polar surface area (TPSA) is 90.0 Å². The normalized spacial score (nSPS) is 14.1. The summed E-state index contributed by atoms with van der Waals surface area (Å²) in [6.45, 7) is -0.355. The number of hydrogen-bond donors (Lipinski definition) is 2. The van der Waals surface area contributed by atoms with Crippen LogP contribution >= 0.6 is 0 Å². The summed E-state index contributed by atoms with van der Waals surface area (Å²) in [5.74, 6) is -1.23. The zero-order chi connectivity index (χ0) is 16.3. The van der Waals surface area contributed by atoms with Crippen LogP contribution in [0.4, 0.5) is 5.69 Å². The minimum absolute atomic E-state index is 0.0579. The van der Waals surface area contributed by atoms with Crippen molar-refractivity contribution in [3.8, 4) is 0 Å². The standard InChI is InChI=1S/C15H17N3O4/c1-17(2)14(21)10-5-3-4-6-11(10)16-12-9-13(20)18(7-8-19)15(12)22/h3-6,9,16,19H,7-8H2,1-2H3. The van der Waals surface area contributed by atoms with Crippen LogP contribution in [0.5, 0.6) is 0 Å². The van der Waals surface area contributed by atoms with Crippen molar-refractivity contribution in [3.05, 3.63) is 41.6 Å². The molecule has 7 heteroatoms. The maximum absolute atomic E-state index is 12.1. The van der Waals surface area contributed by atoms with Crippen molar-refractivity contribution in [2.75, 3.05) is 32.6 Å². The van der Waals surface area contributed by atoms with Gasteiger partial charge in [0.15, 0.2) is 0 Å². The molecule has 22 heavy (non-hydrogen) atoms. The first-order valence-corrected chi connectivity index (χ1v) is 6.71. The summed E-state index contributed by atoms with van der Waals surface area (Å²) in [7, 11) is 3.26. The van der Waals surface area contributed by atoms with E-state index in [1.807, 2.05) is 0 Å². The highest BCUT2D eigenvalue weighted by Gasteiger charge is 2.31. The first-order valence-electron chi connectivity index (χ1n) is 6.71. The maximum Gasteiger partial charge on any atom is 0.277 e. The van der Waals surface area contributed by atoms with E-state index in [-0.39, 0.29) is 24.8 Å². The molecule has 1 heterocycles. The highest BCUT2D eigenvalue weighted by Crippen LogP contribution is 2.21. The summed E-state index contributed by atoms with van der Waals surface area (Å²) in [6.07, 6.45) is 1.16. The molecule has 0 saturated heterocycles. The van der Waals surface area contributed by atoms with Gasteiger partial charge < -0.3 is 15.3 Å². The third-order valence-corrected chi connectivity index (χ3v) is 3.17. The van der Waals surface area contributed by atoms with Gasteiger partial charge in [-0.1, -0.05) is 12.1 Å². The highest BCUT2D eigenvalue weighted by molar-refractivity contribution is 6.17. The lowest BCUT2D eigenvalue weighted by molar-refractivity contribution is -0.137. The second-order valence-electron chi connectivity index (χ2n) is 4.95. The van der Waals surface area contributed by atoms with Crippen LogP contribution in [0.2, 0.25) is 0 Å². The van der Waals surface area contributed by atoms with Crippen LogP contribution in [0, 0.1) is 0 Å². The third kappa shape index (κ3) is 2.99. The lowest BCUT2D eigenvalue weighted by atomic mass is 10.1. The van der Waals surface area contributed by atoms with E-state index in [1.165, 1.54) is 4.90 Å². The summed E-state index contributed by atoms with van der Waals surface area (Å²) in [6, 6.07) is 6.74. The quantitative estimate of drug-likeness (QED) is 0.750. The number of imide groups is 1. The number of hydrogen-bond acceptors (Lipinski definition) is 5. The zero-order valence-corrected chi connectivity index (χ0v) is 12.4. The highest BCUT2D eigenvalue weighted by atomic mass is 16.3. The molecule has 0 fully saturated rings. The number of β-amino-alcohol motifs (C(OH)–C–C–N with tert-alkyl or cyclic N) is 1. The van der Waals surface area contributed by atoms with Gasteiger partial charge in [0.2, 0.25) is 0 Å². The molecule has 1 aromatic carbocycles. The van der Waals surface area contributed by atoms with E-state index < -0.39 is 11.8 Å². The number of carbonyl (C=O) groups excluding carboxylic acids is 3. The minimum atomic E-state index is -0.522. The van der Waals surface area contributed by atoms with Gasteiger partial charge in [-0.25, -0.2) is 0 Å². The fourth-order valence-electron chi connectivity index (χ4n) is 2.07. The van der Waals surface area contributed by atoms with Crippen LogP contribution < -0.4 is 5.32 Å². The van der Waals surface area contributed by atoms with E-state index in [0.717, 1.165) is 11.0 Å². The number of nitrogens with zero attached hydrogens (tertiary/aromatic N) is 2. The van der Waals surface area contributed by atoms with E-state index in [2.05, 4.69) is 5.32 Å². The predicted octanol–water partition coefficient (Wildman–Crippen LogP) is 0.0453. The SMILES string of the molecule is CN(C)C(=O)c1ccccc1NC1=CC(=O)N(CCO)C1=O. The van der Waals surface area contributed by atoms with E-state index in [1.54, 1.807) is 38.4 Å². The Hall–Kier alpha value is -2.67. The Kier molecular flexibility index (Phi) is 4.57. The molecule has 3 amide bonds. The third-order valence-electron chi connectivity index (χ3n) is 3.17. The summed E-state index contributed by atoms with van der Waals surface area (Å²) in [5.41, 5.74) is 0.922. The van der Waals surface area contributed by atoms with Gasteiger partial charge in [0, 0.05) is 20.2 Å². The molecule has 1 aliphatic rings. The van der Waals surface area contributed by atoms with Crippen LogP contribution in [-0.4, -0.2) is 59.9 Å². The number of benzene rings is 1. The Bertz CT molecular complexity index is 652. The van der Waals surface area contributed by atoms with Crippen LogP contribution in [-0.2, 0) is 9.59 Å². The lowest BCUT2D eigenvalue weighted by Gasteiger charge is -2.16. The van der Waals surface area contributed by atoms with E-state index in [9.17, 15) is 14.4 Å². The van der Waals surface area contributed by atoms with Gasteiger partial charge in [-0.15, -0.1) is 0 Å². The molecule has 0 aliphatic carbocycles. The Morgan fingerprint density at radius 2 is 1.95 bits per heavy atom. The molecule has 0 saturated carbocycles. The molecule has 2 N–H and O–H groups in total. The van der Waals surface area contributed by atoms with Crippen LogP contribution in [0.25, 0.3) is 0 Å². The van der Waals surface area contributed by atoms with E-state index in [4.69, 9.17) is 5.11 Å². The summed E-state index contributed by atoms with van der Waals surface area (Å²) < 4.78 is 0. The second kappa shape index (κ2) is 6.40. The van der Waals surface area contributed by atoms with Crippen molar-refractivity contribution in [2.24, 2.45) is 0 Å². The molecular formula is C15H17N3O4. The van der Waals surface area contributed by atoms with Crippen molar-refractivity contribution in [2.45, 2.75) is 0 Å². The average Bonchev–Trinajstić information content (AvgIpc) is 2.75. The molecule has 1 aliphatic heterocycles. The van der Waals surface area contributed by atoms with Gasteiger partial charge in [-0.2, -0.15) is 0 Å². The van der Waals surface area contributed by atoms with Gasteiger partial charge in [0.05, 0.1) is 24.4 Å². The summed E-state index contributed by atoms with van der Waals surface area (Å²) in [4.78, 5) is 38.3. The number of rotatable bonds is 5. The number of nitrogens with one attached hydrogen (secondary N) is 1. The Balaban J connectivity index is 2.26. The molecule has 0 radical (unpaired) electrons. The number of carbonyl (C=O) groups is 3. The van der Waals surface area contributed by atoms with Gasteiger partial charge in [-0.05, 0) is 12.1 Å². The number of amides is 3. The van der Waals surface area contributed by atoms with Crippen LogP contribution in [0.3, 0.4) is 0 Å². The van der Waals surface area contributed by atoms with Crippen molar-refractivity contribution < 1.29 is 19.5 Å². The van der Waals surface area contributed by atoms with Gasteiger partial charge in [-0.3, -0.25) is 19.3 Å². The molecule has 0 unspecified atom stereocenters. The lowest BCUT2D eigenvalue weighted by Crippen LogP contribution is -2.34. The zero-order valence-electron chi connectivity index (χ0n) is 12.4. The van der Waals surface area contributed by atoms with Gasteiger partial charge in [0.1, 0.15) is 5.70 Å². The van der Waals surface area contributed by atoms with Crippen molar-refractivity contribution in [3.63, 3.8) is 0 Å². The minimum Gasteiger partial charge on any atom is -0.395 e. The Morgan fingerprint density at radius 3 is 2.59 bits per heavy atom. The monoisotopic (exact) mass is 303 g/mol. The molecule has 0 bridgehead atoms. The summed E-state index contributed by atoms with van der Waals surface area (Å²) in [5, 5.41) is 11.7. The molecule has 0 spiro atoms.